The van der Waals surface area contributed by atoms with Gasteiger partial charge in [0, 0.05) is 11.6 Å². The van der Waals surface area contributed by atoms with E-state index in [0.717, 1.165) is 18.3 Å². The number of phenolic OH excluding ortho intramolecular Hbond substituents is 1. The molecule has 0 radical (unpaired) electrons. The maximum Gasteiger partial charge on any atom is 0.275 e. The van der Waals surface area contributed by atoms with Crippen molar-refractivity contribution in [2.45, 2.75) is 6.92 Å². The van der Waals surface area contributed by atoms with E-state index < -0.39 is 10.8 Å². The van der Waals surface area contributed by atoms with Crippen molar-refractivity contribution in [3.05, 3.63) is 57.6 Å². The number of methoxy groups -OCH3 is 1. The molecule has 0 aliphatic rings. The van der Waals surface area contributed by atoms with Crippen LogP contribution in [0.15, 0.2) is 41.5 Å². The number of nitro groups is 1. The van der Waals surface area contributed by atoms with Crippen molar-refractivity contribution in [1.29, 1.82) is 0 Å². The molecule has 2 rings (SSSR count). The Morgan fingerprint density at radius 2 is 2.08 bits per heavy atom. The number of phenols is 1. The summed E-state index contributed by atoms with van der Waals surface area (Å²) in [5.74, 6) is -0.524. The number of amides is 1. The van der Waals surface area contributed by atoms with Crippen molar-refractivity contribution in [2.24, 2.45) is 5.10 Å². The predicted molar refractivity (Wildman–Crippen MR) is 94.0 cm³/mol. The minimum Gasteiger partial charge on any atom is -0.504 e. The Labute approximate surface area is 149 Å². The molecular formula is C17H17N3O6. The van der Waals surface area contributed by atoms with Gasteiger partial charge >= 0.3 is 0 Å². The van der Waals surface area contributed by atoms with Gasteiger partial charge in [0.15, 0.2) is 11.5 Å². The minimum atomic E-state index is -0.629. The number of hydrazone groups is 1. The smallest absolute Gasteiger partial charge is 0.275 e. The van der Waals surface area contributed by atoms with Crippen LogP contribution < -0.4 is 14.9 Å². The van der Waals surface area contributed by atoms with Gasteiger partial charge in [0.2, 0.25) is 0 Å². The fourth-order valence-corrected chi connectivity index (χ4v) is 2.13. The van der Waals surface area contributed by atoms with E-state index in [1.165, 1.54) is 7.11 Å². The van der Waals surface area contributed by atoms with Crippen molar-refractivity contribution < 1.29 is 24.3 Å². The summed E-state index contributed by atoms with van der Waals surface area (Å²) in [6, 6.07) is 8.84. The third-order valence-corrected chi connectivity index (χ3v) is 3.32. The molecule has 1 amide bonds. The van der Waals surface area contributed by atoms with Crippen LogP contribution in [0, 0.1) is 10.1 Å². The standard InChI is InChI=1S/C17H17N3O6/c1-3-26-14-7-5-4-6-13(14)17(22)19-18-10-11-8-12(20(23)24)9-15(25-2)16(11)21/h4-10,21H,3H2,1-2H3,(H,19,22)/b18-10-. The molecule has 2 aromatic carbocycles. The van der Waals surface area contributed by atoms with Crippen molar-refractivity contribution in [2.75, 3.05) is 13.7 Å². The number of non-ortho nitro benzene ring substituents is 1. The van der Waals surface area contributed by atoms with Crippen molar-refractivity contribution in [1.82, 2.24) is 5.43 Å². The average Bonchev–Trinajstić information content (AvgIpc) is 2.63. The number of benzene rings is 2. The topological polar surface area (TPSA) is 123 Å². The number of carbonyl (C=O) groups is 1. The Kier molecular flexibility index (Phi) is 6.10. The van der Waals surface area contributed by atoms with Gasteiger partial charge in [0.1, 0.15) is 5.75 Å². The molecule has 0 heterocycles. The highest BCUT2D eigenvalue weighted by molar-refractivity contribution is 5.97. The molecular weight excluding hydrogens is 342 g/mol. The first kappa shape index (κ1) is 18.7. The number of para-hydroxylation sites is 1. The third kappa shape index (κ3) is 4.26. The summed E-state index contributed by atoms with van der Waals surface area (Å²) in [4.78, 5) is 22.5. The molecule has 0 fully saturated rings. The summed E-state index contributed by atoms with van der Waals surface area (Å²) in [5, 5.41) is 24.7. The summed E-state index contributed by atoms with van der Waals surface area (Å²) in [5.41, 5.74) is 2.31. The molecule has 0 atom stereocenters. The zero-order valence-corrected chi connectivity index (χ0v) is 14.1. The fourth-order valence-electron chi connectivity index (χ4n) is 2.13. The zero-order valence-electron chi connectivity index (χ0n) is 14.1. The van der Waals surface area contributed by atoms with Crippen LogP contribution in [0.3, 0.4) is 0 Å². The predicted octanol–water partition coefficient (Wildman–Crippen LogP) is 2.47. The number of ether oxygens (including phenoxy) is 2. The van der Waals surface area contributed by atoms with Crippen LogP contribution in [-0.2, 0) is 0 Å². The first-order valence-electron chi connectivity index (χ1n) is 7.58. The maximum atomic E-state index is 12.2. The van der Waals surface area contributed by atoms with Crippen molar-refractivity contribution in [3.8, 4) is 17.2 Å². The molecule has 26 heavy (non-hydrogen) atoms. The SMILES string of the molecule is CCOc1ccccc1C(=O)N/N=C\c1cc([N+](=O)[O-])cc(OC)c1O. The number of nitrogens with one attached hydrogen (secondary N) is 1. The molecule has 136 valence electrons. The first-order chi connectivity index (χ1) is 12.5. The van der Waals surface area contributed by atoms with Gasteiger partial charge in [0.25, 0.3) is 11.6 Å². The normalized spacial score (nSPS) is 10.5. The van der Waals surface area contributed by atoms with Crippen LogP contribution in [0.2, 0.25) is 0 Å². The second-order valence-electron chi connectivity index (χ2n) is 4.97. The minimum absolute atomic E-state index is 0.0226. The van der Waals surface area contributed by atoms with Gasteiger partial charge in [-0.15, -0.1) is 0 Å². The highest BCUT2D eigenvalue weighted by atomic mass is 16.6. The van der Waals surface area contributed by atoms with Crippen LogP contribution in [0.4, 0.5) is 5.69 Å². The molecule has 0 aliphatic carbocycles. The molecule has 0 aliphatic heterocycles. The number of nitrogens with zero attached hydrogens (tertiary/aromatic N) is 2. The Bertz CT molecular complexity index is 850. The molecule has 0 saturated heterocycles. The van der Waals surface area contributed by atoms with Crippen LogP contribution in [0.5, 0.6) is 17.2 Å². The Hall–Kier alpha value is -3.62. The monoisotopic (exact) mass is 359 g/mol. The lowest BCUT2D eigenvalue weighted by atomic mass is 10.1. The number of carbonyl (C=O) groups excluding carboxylic acids is 1. The molecule has 9 nitrogen and oxygen atoms in total. The lowest BCUT2D eigenvalue weighted by Gasteiger charge is -2.08. The third-order valence-electron chi connectivity index (χ3n) is 3.32. The average molecular weight is 359 g/mol. The molecule has 0 saturated carbocycles. The second-order valence-corrected chi connectivity index (χ2v) is 4.97. The van der Waals surface area contributed by atoms with Gasteiger partial charge in [-0.25, -0.2) is 5.43 Å². The number of hydrogen-bond donors (Lipinski definition) is 2. The van der Waals surface area contributed by atoms with Gasteiger partial charge in [0.05, 0.1) is 36.5 Å². The number of hydrogen-bond acceptors (Lipinski definition) is 7. The number of rotatable bonds is 7. The van der Waals surface area contributed by atoms with Crippen molar-refractivity contribution >= 4 is 17.8 Å². The lowest BCUT2D eigenvalue weighted by molar-refractivity contribution is -0.385. The van der Waals surface area contributed by atoms with Crippen LogP contribution in [-0.4, -0.2) is 35.9 Å². The summed E-state index contributed by atoms with van der Waals surface area (Å²) >= 11 is 0. The molecule has 0 spiro atoms. The van der Waals surface area contributed by atoms with Gasteiger partial charge in [-0.05, 0) is 19.1 Å². The van der Waals surface area contributed by atoms with Crippen molar-refractivity contribution in [3.63, 3.8) is 0 Å². The van der Waals surface area contributed by atoms with E-state index in [9.17, 15) is 20.0 Å². The van der Waals surface area contributed by atoms with E-state index in [1.807, 2.05) is 0 Å². The molecule has 0 unspecified atom stereocenters. The molecule has 9 heteroatoms. The van der Waals surface area contributed by atoms with Gasteiger partial charge in [-0.2, -0.15) is 5.10 Å². The van der Waals surface area contributed by atoms with E-state index in [0.29, 0.717) is 12.4 Å². The fraction of sp³-hybridized carbons (Fsp3) is 0.176. The molecule has 0 aromatic heterocycles. The van der Waals surface area contributed by atoms with Gasteiger partial charge in [-0.3, -0.25) is 14.9 Å². The Balaban J connectivity index is 2.22. The van der Waals surface area contributed by atoms with E-state index in [1.54, 1.807) is 31.2 Å². The Morgan fingerprint density at radius 3 is 2.73 bits per heavy atom. The summed E-state index contributed by atoms with van der Waals surface area (Å²) in [7, 11) is 1.27. The van der Waals surface area contributed by atoms with Gasteiger partial charge in [-0.1, -0.05) is 12.1 Å². The maximum absolute atomic E-state index is 12.2. The molecule has 2 aromatic rings. The van der Waals surface area contributed by atoms with Crippen LogP contribution in [0.1, 0.15) is 22.8 Å². The highest BCUT2D eigenvalue weighted by Gasteiger charge is 2.16. The summed E-state index contributed by atoms with van der Waals surface area (Å²) in [6.07, 6.45) is 1.09. The van der Waals surface area contributed by atoms with E-state index in [-0.39, 0.29) is 28.3 Å². The van der Waals surface area contributed by atoms with E-state index in [2.05, 4.69) is 10.5 Å². The zero-order chi connectivity index (χ0) is 19.1. The van der Waals surface area contributed by atoms with E-state index >= 15 is 0 Å². The lowest BCUT2D eigenvalue weighted by Crippen LogP contribution is -2.18. The van der Waals surface area contributed by atoms with Crippen LogP contribution in [0.25, 0.3) is 0 Å². The van der Waals surface area contributed by atoms with E-state index in [4.69, 9.17) is 9.47 Å². The van der Waals surface area contributed by atoms with Gasteiger partial charge < -0.3 is 14.6 Å². The highest BCUT2D eigenvalue weighted by Crippen LogP contribution is 2.33. The molecule has 0 bridgehead atoms. The summed E-state index contributed by atoms with van der Waals surface area (Å²) in [6.45, 7) is 2.19. The quantitative estimate of drug-likeness (QED) is 0.445. The summed E-state index contributed by atoms with van der Waals surface area (Å²) < 4.78 is 10.3. The van der Waals surface area contributed by atoms with Crippen LogP contribution >= 0.6 is 0 Å². The first-order valence-corrected chi connectivity index (χ1v) is 7.58. The molecule has 2 N–H and O–H groups in total. The number of aromatic hydroxyl groups is 1. The largest absolute Gasteiger partial charge is 0.504 e. The Morgan fingerprint density at radius 1 is 1.35 bits per heavy atom. The second kappa shape index (κ2) is 8.47. The number of nitro benzene ring substituents is 1.